The summed E-state index contributed by atoms with van der Waals surface area (Å²) in [6.07, 6.45) is 1.70. The topological polar surface area (TPSA) is 37.4 Å². The SMILES string of the molecule is COc1cccc(C(CNc2ccnc(Cl)c2)N(C)C)c1. The lowest BCUT2D eigenvalue weighted by molar-refractivity contribution is 0.310. The van der Waals surface area contributed by atoms with Crippen LogP contribution < -0.4 is 10.1 Å². The molecule has 5 heteroatoms. The van der Waals surface area contributed by atoms with Crippen LogP contribution in [0.15, 0.2) is 42.6 Å². The number of benzene rings is 1. The van der Waals surface area contributed by atoms with E-state index in [0.717, 1.165) is 18.0 Å². The summed E-state index contributed by atoms with van der Waals surface area (Å²) in [5, 5.41) is 3.88. The van der Waals surface area contributed by atoms with E-state index in [1.165, 1.54) is 5.56 Å². The number of rotatable bonds is 6. The quantitative estimate of drug-likeness (QED) is 0.829. The van der Waals surface area contributed by atoms with Crippen molar-refractivity contribution in [2.24, 2.45) is 0 Å². The Morgan fingerprint density at radius 3 is 2.76 bits per heavy atom. The summed E-state index contributed by atoms with van der Waals surface area (Å²) in [5.41, 5.74) is 2.16. The van der Waals surface area contributed by atoms with Gasteiger partial charge in [0.1, 0.15) is 10.9 Å². The predicted octanol–water partition coefficient (Wildman–Crippen LogP) is 3.46. The molecule has 2 aromatic rings. The Hall–Kier alpha value is -1.78. The molecule has 1 aromatic carbocycles. The fourth-order valence-electron chi connectivity index (χ4n) is 2.17. The Labute approximate surface area is 130 Å². The van der Waals surface area contributed by atoms with Crippen molar-refractivity contribution in [3.8, 4) is 5.75 Å². The lowest BCUT2D eigenvalue weighted by Crippen LogP contribution is -2.26. The van der Waals surface area contributed by atoms with Crippen LogP contribution in [0.5, 0.6) is 5.75 Å². The second-order valence-electron chi connectivity index (χ2n) is 5.00. The summed E-state index contributed by atoms with van der Waals surface area (Å²) >= 11 is 5.90. The first-order chi connectivity index (χ1) is 10.1. The summed E-state index contributed by atoms with van der Waals surface area (Å²) in [5.74, 6) is 0.867. The number of hydrogen-bond donors (Lipinski definition) is 1. The lowest BCUT2D eigenvalue weighted by atomic mass is 10.1. The molecule has 0 aliphatic carbocycles. The highest BCUT2D eigenvalue weighted by molar-refractivity contribution is 6.29. The maximum atomic E-state index is 5.90. The maximum absolute atomic E-state index is 5.90. The van der Waals surface area contributed by atoms with Crippen molar-refractivity contribution in [3.63, 3.8) is 0 Å². The Morgan fingerprint density at radius 1 is 1.29 bits per heavy atom. The highest BCUT2D eigenvalue weighted by Gasteiger charge is 2.14. The molecular formula is C16H20ClN3O. The molecule has 0 amide bonds. The fourth-order valence-corrected chi connectivity index (χ4v) is 2.35. The average molecular weight is 306 g/mol. The van der Waals surface area contributed by atoms with Gasteiger partial charge >= 0.3 is 0 Å². The van der Waals surface area contributed by atoms with E-state index in [-0.39, 0.29) is 6.04 Å². The Balaban J connectivity index is 2.12. The van der Waals surface area contributed by atoms with Crippen LogP contribution in [-0.4, -0.2) is 37.6 Å². The van der Waals surface area contributed by atoms with Crippen molar-refractivity contribution >= 4 is 17.3 Å². The first-order valence-corrected chi connectivity index (χ1v) is 7.13. The Kier molecular flexibility index (Phi) is 5.42. The molecule has 112 valence electrons. The number of ether oxygens (including phenoxy) is 1. The van der Waals surface area contributed by atoms with Crippen molar-refractivity contribution in [1.82, 2.24) is 9.88 Å². The molecule has 2 rings (SSSR count). The second-order valence-corrected chi connectivity index (χ2v) is 5.39. The van der Waals surface area contributed by atoms with Gasteiger partial charge in [-0.1, -0.05) is 23.7 Å². The van der Waals surface area contributed by atoms with E-state index in [1.54, 1.807) is 13.3 Å². The molecule has 1 atom stereocenters. The third-order valence-electron chi connectivity index (χ3n) is 3.33. The Bertz CT molecular complexity index is 589. The number of hydrogen-bond acceptors (Lipinski definition) is 4. The second kappa shape index (κ2) is 7.29. The van der Waals surface area contributed by atoms with E-state index in [9.17, 15) is 0 Å². The number of methoxy groups -OCH3 is 1. The van der Waals surface area contributed by atoms with Crippen molar-refractivity contribution in [2.75, 3.05) is 33.1 Å². The van der Waals surface area contributed by atoms with Gasteiger partial charge in [-0.15, -0.1) is 0 Å². The number of halogens is 1. The third-order valence-corrected chi connectivity index (χ3v) is 3.53. The normalized spacial score (nSPS) is 12.2. The molecule has 4 nitrogen and oxygen atoms in total. The summed E-state index contributed by atoms with van der Waals surface area (Å²) in [6.45, 7) is 0.764. The minimum Gasteiger partial charge on any atom is -0.497 e. The summed E-state index contributed by atoms with van der Waals surface area (Å²) in [7, 11) is 5.80. The largest absolute Gasteiger partial charge is 0.497 e. The minimum absolute atomic E-state index is 0.229. The van der Waals surface area contributed by atoms with Gasteiger partial charge in [0.15, 0.2) is 0 Å². The Morgan fingerprint density at radius 2 is 2.10 bits per heavy atom. The van der Waals surface area contributed by atoms with Crippen LogP contribution in [0.1, 0.15) is 11.6 Å². The molecule has 0 aliphatic heterocycles. The molecule has 21 heavy (non-hydrogen) atoms. The van der Waals surface area contributed by atoms with Crippen LogP contribution in [0.25, 0.3) is 0 Å². The molecule has 1 N–H and O–H groups in total. The van der Waals surface area contributed by atoms with Crippen LogP contribution in [0.2, 0.25) is 5.15 Å². The number of pyridine rings is 1. The van der Waals surface area contributed by atoms with Crippen LogP contribution in [0.4, 0.5) is 5.69 Å². The van der Waals surface area contributed by atoms with E-state index in [1.807, 2.05) is 24.3 Å². The van der Waals surface area contributed by atoms with Crippen molar-refractivity contribution < 1.29 is 4.74 Å². The zero-order valence-electron chi connectivity index (χ0n) is 12.5. The molecule has 0 aliphatic rings. The molecule has 1 heterocycles. The van der Waals surface area contributed by atoms with Crippen LogP contribution >= 0.6 is 11.6 Å². The van der Waals surface area contributed by atoms with Gasteiger partial charge in [-0.05, 0) is 43.9 Å². The van der Waals surface area contributed by atoms with Gasteiger partial charge in [0.05, 0.1) is 13.2 Å². The molecule has 0 spiro atoms. The van der Waals surface area contributed by atoms with E-state index >= 15 is 0 Å². The first kappa shape index (κ1) is 15.6. The molecule has 0 saturated heterocycles. The fraction of sp³-hybridized carbons (Fsp3) is 0.312. The van der Waals surface area contributed by atoms with E-state index in [4.69, 9.17) is 16.3 Å². The van der Waals surface area contributed by atoms with Gasteiger partial charge in [-0.2, -0.15) is 0 Å². The number of nitrogens with zero attached hydrogens (tertiary/aromatic N) is 2. The van der Waals surface area contributed by atoms with Gasteiger partial charge in [-0.25, -0.2) is 4.98 Å². The van der Waals surface area contributed by atoms with Crippen molar-refractivity contribution in [2.45, 2.75) is 6.04 Å². The number of aromatic nitrogens is 1. The highest BCUT2D eigenvalue weighted by atomic mass is 35.5. The third kappa shape index (κ3) is 4.34. The highest BCUT2D eigenvalue weighted by Crippen LogP contribution is 2.23. The smallest absolute Gasteiger partial charge is 0.131 e. The summed E-state index contributed by atoms with van der Waals surface area (Å²) in [6, 6.07) is 12.1. The zero-order valence-corrected chi connectivity index (χ0v) is 13.3. The van der Waals surface area contributed by atoms with Crippen molar-refractivity contribution in [1.29, 1.82) is 0 Å². The zero-order chi connectivity index (χ0) is 15.2. The summed E-state index contributed by atoms with van der Waals surface area (Å²) in [4.78, 5) is 6.15. The van der Waals surface area contributed by atoms with E-state index < -0.39 is 0 Å². The predicted molar refractivity (Wildman–Crippen MR) is 87.2 cm³/mol. The van der Waals surface area contributed by atoms with Crippen molar-refractivity contribution in [3.05, 3.63) is 53.3 Å². The molecule has 1 unspecified atom stereocenters. The van der Waals surface area contributed by atoms with Gasteiger partial charge in [0, 0.05) is 18.4 Å². The lowest BCUT2D eigenvalue weighted by Gasteiger charge is -2.26. The maximum Gasteiger partial charge on any atom is 0.131 e. The average Bonchev–Trinajstić information content (AvgIpc) is 2.47. The summed E-state index contributed by atoms with van der Waals surface area (Å²) < 4.78 is 5.30. The molecule has 0 bridgehead atoms. The molecule has 0 radical (unpaired) electrons. The first-order valence-electron chi connectivity index (χ1n) is 6.76. The number of anilines is 1. The van der Waals surface area contributed by atoms with E-state index in [2.05, 4.69) is 41.4 Å². The van der Waals surface area contributed by atoms with E-state index in [0.29, 0.717) is 5.15 Å². The minimum atomic E-state index is 0.229. The molecule has 0 fully saturated rings. The number of likely N-dealkylation sites (N-methyl/N-ethyl adjacent to an activating group) is 1. The standard InChI is InChI=1S/C16H20ClN3O/c1-20(2)15(12-5-4-6-14(9-12)21-3)11-19-13-7-8-18-16(17)10-13/h4-10,15H,11H2,1-3H3,(H,18,19). The van der Waals surface area contributed by atoms with Gasteiger partial charge in [-0.3, -0.25) is 0 Å². The van der Waals surface area contributed by atoms with Gasteiger partial charge < -0.3 is 15.0 Å². The van der Waals surface area contributed by atoms with Crippen LogP contribution in [-0.2, 0) is 0 Å². The number of nitrogens with one attached hydrogen (secondary N) is 1. The van der Waals surface area contributed by atoms with Gasteiger partial charge in [0.2, 0.25) is 0 Å². The van der Waals surface area contributed by atoms with Crippen LogP contribution in [0, 0.1) is 0 Å². The molecule has 0 saturated carbocycles. The molecular weight excluding hydrogens is 286 g/mol. The van der Waals surface area contributed by atoms with Gasteiger partial charge in [0.25, 0.3) is 0 Å². The monoisotopic (exact) mass is 305 g/mol. The molecule has 1 aromatic heterocycles. The van der Waals surface area contributed by atoms with Crippen LogP contribution in [0.3, 0.4) is 0 Å².